The summed E-state index contributed by atoms with van der Waals surface area (Å²) in [6.45, 7) is 6.90. The Balaban J connectivity index is 0.00000264. The first-order valence-electron chi connectivity index (χ1n) is 7.97. The van der Waals surface area contributed by atoms with Crippen LogP contribution >= 0.6 is 24.0 Å². The van der Waals surface area contributed by atoms with E-state index in [9.17, 15) is 4.79 Å². The lowest BCUT2D eigenvalue weighted by Crippen LogP contribution is -2.50. The van der Waals surface area contributed by atoms with Gasteiger partial charge >= 0.3 is 0 Å². The van der Waals surface area contributed by atoms with Crippen LogP contribution < -0.4 is 10.6 Å². The van der Waals surface area contributed by atoms with Gasteiger partial charge in [-0.05, 0) is 30.5 Å². The summed E-state index contributed by atoms with van der Waals surface area (Å²) in [5.41, 5.74) is 1.15. The molecular formula is C17H26Cl2N2O2. The first kappa shape index (κ1) is 20.2. The first-order chi connectivity index (χ1) is 10.6. The smallest absolute Gasteiger partial charge is 0.250 e. The van der Waals surface area contributed by atoms with Crippen LogP contribution in [-0.2, 0) is 14.9 Å². The average molecular weight is 361 g/mol. The summed E-state index contributed by atoms with van der Waals surface area (Å²) in [6.07, 6.45) is 1.52. The normalized spacial score (nSPS) is 18.1. The fraction of sp³-hybridized carbons (Fsp3) is 0.588. The second-order valence-corrected chi connectivity index (χ2v) is 6.21. The van der Waals surface area contributed by atoms with E-state index >= 15 is 0 Å². The predicted octanol–water partition coefficient (Wildman–Crippen LogP) is 2.92. The van der Waals surface area contributed by atoms with Crippen molar-refractivity contribution < 1.29 is 9.53 Å². The molecule has 0 spiro atoms. The molecule has 1 aliphatic heterocycles. The van der Waals surface area contributed by atoms with Crippen molar-refractivity contribution >= 4 is 29.9 Å². The first-order valence-corrected chi connectivity index (χ1v) is 8.35. The zero-order valence-corrected chi connectivity index (χ0v) is 15.3. The molecule has 0 aliphatic carbocycles. The summed E-state index contributed by atoms with van der Waals surface area (Å²) in [5, 5.41) is 6.98. The van der Waals surface area contributed by atoms with Crippen LogP contribution in [0.25, 0.3) is 0 Å². The molecule has 0 aromatic heterocycles. The number of hydrogen-bond donors (Lipinski definition) is 2. The molecule has 130 valence electrons. The Morgan fingerprint density at radius 2 is 2.00 bits per heavy atom. The van der Waals surface area contributed by atoms with Crippen molar-refractivity contribution in [2.24, 2.45) is 0 Å². The van der Waals surface area contributed by atoms with Crippen molar-refractivity contribution in [1.82, 2.24) is 10.6 Å². The molecular weight excluding hydrogens is 335 g/mol. The molecule has 1 heterocycles. The molecule has 4 nitrogen and oxygen atoms in total. The van der Waals surface area contributed by atoms with Gasteiger partial charge in [-0.15, -0.1) is 12.4 Å². The number of halogens is 2. The van der Waals surface area contributed by atoms with Gasteiger partial charge in [-0.1, -0.05) is 37.6 Å². The summed E-state index contributed by atoms with van der Waals surface area (Å²) in [4.78, 5) is 12.3. The van der Waals surface area contributed by atoms with Gasteiger partial charge < -0.3 is 15.4 Å². The minimum absolute atomic E-state index is 0. The molecule has 1 saturated heterocycles. The van der Waals surface area contributed by atoms with Gasteiger partial charge in [-0.2, -0.15) is 0 Å². The SMILES string of the molecule is CCC(CC)(CNC(=O)C1CNCCO1)c1ccc(Cl)cc1.Cl. The van der Waals surface area contributed by atoms with E-state index in [1.165, 1.54) is 5.56 Å². The van der Waals surface area contributed by atoms with Gasteiger partial charge in [0.25, 0.3) is 0 Å². The van der Waals surface area contributed by atoms with E-state index in [0.717, 1.165) is 24.4 Å². The number of carbonyl (C=O) groups excluding carboxylic acids is 1. The van der Waals surface area contributed by atoms with E-state index in [2.05, 4.69) is 36.6 Å². The van der Waals surface area contributed by atoms with E-state index in [1.54, 1.807) is 0 Å². The highest BCUT2D eigenvalue weighted by atomic mass is 35.5. The third kappa shape index (κ3) is 5.08. The highest BCUT2D eigenvalue weighted by molar-refractivity contribution is 6.30. The maximum absolute atomic E-state index is 12.3. The van der Waals surface area contributed by atoms with Crippen LogP contribution in [0.2, 0.25) is 5.02 Å². The number of benzene rings is 1. The molecule has 0 bridgehead atoms. The molecule has 6 heteroatoms. The third-order valence-corrected chi connectivity index (χ3v) is 4.88. The van der Waals surface area contributed by atoms with Crippen LogP contribution in [0.15, 0.2) is 24.3 Å². The summed E-state index contributed by atoms with van der Waals surface area (Å²) in [7, 11) is 0. The second kappa shape index (κ2) is 9.48. The van der Waals surface area contributed by atoms with Crippen molar-refractivity contribution in [3.05, 3.63) is 34.9 Å². The van der Waals surface area contributed by atoms with Gasteiger partial charge in [0.1, 0.15) is 6.10 Å². The van der Waals surface area contributed by atoms with Crippen molar-refractivity contribution in [2.45, 2.75) is 38.2 Å². The number of rotatable bonds is 6. The van der Waals surface area contributed by atoms with Crippen molar-refractivity contribution in [3.8, 4) is 0 Å². The lowest BCUT2D eigenvalue weighted by Gasteiger charge is -2.33. The average Bonchev–Trinajstić information content (AvgIpc) is 2.58. The molecule has 1 unspecified atom stereocenters. The molecule has 1 amide bonds. The minimum atomic E-state index is -0.384. The van der Waals surface area contributed by atoms with Crippen molar-refractivity contribution in [1.29, 1.82) is 0 Å². The number of morpholine rings is 1. The van der Waals surface area contributed by atoms with Crippen LogP contribution in [0.3, 0.4) is 0 Å². The lowest BCUT2D eigenvalue weighted by atomic mass is 9.76. The molecule has 1 fully saturated rings. The van der Waals surface area contributed by atoms with Crippen LogP contribution in [-0.4, -0.2) is 38.3 Å². The molecule has 2 rings (SSSR count). The van der Waals surface area contributed by atoms with Crippen molar-refractivity contribution in [2.75, 3.05) is 26.2 Å². The largest absolute Gasteiger partial charge is 0.366 e. The zero-order chi connectivity index (χ0) is 16.0. The van der Waals surface area contributed by atoms with Gasteiger partial charge in [-0.25, -0.2) is 0 Å². The summed E-state index contributed by atoms with van der Waals surface area (Å²) in [6, 6.07) is 7.93. The quantitative estimate of drug-likeness (QED) is 0.819. The molecule has 0 radical (unpaired) electrons. The summed E-state index contributed by atoms with van der Waals surface area (Å²) < 4.78 is 5.50. The third-order valence-electron chi connectivity index (χ3n) is 4.63. The van der Waals surface area contributed by atoms with E-state index in [-0.39, 0.29) is 29.8 Å². The van der Waals surface area contributed by atoms with Crippen LogP contribution in [0, 0.1) is 0 Å². The zero-order valence-electron chi connectivity index (χ0n) is 13.7. The van der Waals surface area contributed by atoms with Crippen LogP contribution in [0.1, 0.15) is 32.3 Å². The summed E-state index contributed by atoms with van der Waals surface area (Å²) >= 11 is 5.98. The van der Waals surface area contributed by atoms with Gasteiger partial charge in [-0.3, -0.25) is 4.79 Å². The monoisotopic (exact) mass is 360 g/mol. The fourth-order valence-corrected chi connectivity index (χ4v) is 3.04. The number of hydrogen-bond acceptors (Lipinski definition) is 3. The Kier molecular flexibility index (Phi) is 8.34. The molecule has 0 saturated carbocycles. The van der Waals surface area contributed by atoms with Crippen LogP contribution in [0.5, 0.6) is 0 Å². The van der Waals surface area contributed by atoms with Crippen molar-refractivity contribution in [3.63, 3.8) is 0 Å². The Bertz CT molecular complexity index is 484. The maximum atomic E-state index is 12.3. The highest BCUT2D eigenvalue weighted by Crippen LogP contribution is 2.31. The van der Waals surface area contributed by atoms with E-state index < -0.39 is 0 Å². The van der Waals surface area contributed by atoms with E-state index in [4.69, 9.17) is 16.3 Å². The van der Waals surface area contributed by atoms with Gasteiger partial charge in [0.2, 0.25) is 5.91 Å². The summed E-state index contributed by atoms with van der Waals surface area (Å²) in [5.74, 6) is -0.0348. The van der Waals surface area contributed by atoms with Crippen LogP contribution in [0.4, 0.5) is 0 Å². The molecule has 1 aromatic rings. The Morgan fingerprint density at radius 3 is 2.52 bits per heavy atom. The molecule has 1 aromatic carbocycles. The predicted molar refractivity (Wildman–Crippen MR) is 96.6 cm³/mol. The molecule has 23 heavy (non-hydrogen) atoms. The Morgan fingerprint density at radius 1 is 1.35 bits per heavy atom. The lowest BCUT2D eigenvalue weighted by molar-refractivity contribution is -0.134. The number of carbonyl (C=O) groups is 1. The molecule has 1 aliphatic rings. The van der Waals surface area contributed by atoms with Gasteiger partial charge in [0.05, 0.1) is 6.61 Å². The van der Waals surface area contributed by atoms with E-state index in [0.29, 0.717) is 19.7 Å². The number of amides is 1. The number of ether oxygens (including phenoxy) is 1. The Labute approximate surface area is 149 Å². The van der Waals surface area contributed by atoms with E-state index in [1.807, 2.05) is 12.1 Å². The van der Waals surface area contributed by atoms with Gasteiger partial charge in [0.15, 0.2) is 0 Å². The molecule has 2 N–H and O–H groups in total. The fourth-order valence-electron chi connectivity index (χ4n) is 2.92. The maximum Gasteiger partial charge on any atom is 0.250 e. The number of nitrogens with one attached hydrogen (secondary N) is 2. The second-order valence-electron chi connectivity index (χ2n) is 5.78. The standard InChI is InChI=1S/C17H25ClN2O2.ClH/c1-3-17(4-2,13-5-7-14(18)8-6-13)12-20-16(21)15-11-19-9-10-22-15;/h5-8,15,19H,3-4,9-12H2,1-2H3,(H,20,21);1H. The Hall–Kier alpha value is -0.810. The van der Waals surface area contributed by atoms with Gasteiger partial charge in [0, 0.05) is 30.1 Å². The topological polar surface area (TPSA) is 50.4 Å². The molecule has 1 atom stereocenters. The highest BCUT2D eigenvalue weighted by Gasteiger charge is 2.30. The minimum Gasteiger partial charge on any atom is -0.366 e.